The van der Waals surface area contributed by atoms with Gasteiger partial charge in [0.05, 0.1) is 4.92 Å². The van der Waals surface area contributed by atoms with Crippen molar-refractivity contribution in [2.24, 2.45) is 5.84 Å². The number of hydrogen-bond acceptors (Lipinski definition) is 7. The number of hydrogen-bond donors (Lipinski definition) is 3. The second-order valence-electron chi connectivity index (χ2n) is 3.75. The highest BCUT2D eigenvalue weighted by atomic mass is 32.2. The summed E-state index contributed by atoms with van der Waals surface area (Å²) in [6, 6.07) is 4.84. The summed E-state index contributed by atoms with van der Waals surface area (Å²) in [7, 11) is 0. The van der Waals surface area contributed by atoms with Crippen molar-refractivity contribution in [3.63, 3.8) is 0 Å². The number of anilines is 1. The van der Waals surface area contributed by atoms with Gasteiger partial charge < -0.3 is 5.43 Å². The molecule has 19 heavy (non-hydrogen) atoms. The minimum absolute atomic E-state index is 0.0493. The van der Waals surface area contributed by atoms with E-state index in [1.165, 1.54) is 17.8 Å². The Labute approximate surface area is 112 Å². The first-order valence-corrected chi connectivity index (χ1v) is 6.34. The number of H-pyrrole nitrogens is 1. The van der Waals surface area contributed by atoms with Crippen LogP contribution >= 0.6 is 11.8 Å². The first-order chi connectivity index (χ1) is 9.10. The van der Waals surface area contributed by atoms with Gasteiger partial charge in [-0.3, -0.25) is 21.1 Å². The lowest BCUT2D eigenvalue weighted by Gasteiger charge is -2.04. The van der Waals surface area contributed by atoms with Crippen LogP contribution in [0.2, 0.25) is 0 Å². The van der Waals surface area contributed by atoms with Crippen LogP contribution in [0.4, 0.5) is 11.4 Å². The molecule has 0 fully saturated rings. The third-order valence-electron chi connectivity index (χ3n) is 2.36. The minimum Gasteiger partial charge on any atom is -0.318 e. The summed E-state index contributed by atoms with van der Waals surface area (Å²) in [4.78, 5) is 14.6. The molecule has 0 aliphatic rings. The van der Waals surface area contributed by atoms with E-state index in [4.69, 9.17) is 5.84 Å². The van der Waals surface area contributed by atoms with E-state index in [9.17, 15) is 10.1 Å². The summed E-state index contributed by atoms with van der Waals surface area (Å²) in [5.41, 5.74) is 3.34. The van der Waals surface area contributed by atoms with Crippen LogP contribution in [0.5, 0.6) is 0 Å². The number of rotatable bonds is 5. The fraction of sp³-hybridized carbons (Fsp3) is 0.200. The average molecular weight is 280 g/mol. The summed E-state index contributed by atoms with van der Waals surface area (Å²) in [6.07, 6.45) is 0. The van der Waals surface area contributed by atoms with Gasteiger partial charge in [-0.15, -0.1) is 5.10 Å². The first kappa shape index (κ1) is 13.3. The summed E-state index contributed by atoms with van der Waals surface area (Å²) >= 11 is 1.40. The molecule has 0 radical (unpaired) electrons. The summed E-state index contributed by atoms with van der Waals surface area (Å²) in [5, 5.41) is 18.2. The molecule has 0 atom stereocenters. The molecule has 9 heteroatoms. The number of nitro groups is 1. The summed E-state index contributed by atoms with van der Waals surface area (Å²) in [6.45, 7) is 1.81. The van der Waals surface area contributed by atoms with E-state index in [2.05, 4.69) is 20.6 Å². The Bertz CT molecular complexity index is 599. The molecule has 8 nitrogen and oxygen atoms in total. The molecular formula is C10H12N6O2S. The molecule has 0 unspecified atom stereocenters. The third-order valence-corrected chi connectivity index (χ3v) is 3.28. The molecule has 0 saturated heterocycles. The zero-order valence-corrected chi connectivity index (χ0v) is 10.9. The number of nitrogens with zero attached hydrogens (tertiary/aromatic N) is 3. The Hall–Kier alpha value is -2.13. The molecule has 4 N–H and O–H groups in total. The minimum atomic E-state index is -0.472. The quantitative estimate of drug-likeness (QED) is 0.329. The number of nitrogen functional groups attached to an aromatic ring is 1. The Balaban J connectivity index is 2.12. The van der Waals surface area contributed by atoms with Gasteiger partial charge in [0.25, 0.3) is 5.69 Å². The molecule has 0 bridgehead atoms. The van der Waals surface area contributed by atoms with E-state index in [0.717, 1.165) is 11.4 Å². The Morgan fingerprint density at radius 3 is 2.95 bits per heavy atom. The van der Waals surface area contributed by atoms with Crippen molar-refractivity contribution in [3.8, 4) is 0 Å². The van der Waals surface area contributed by atoms with Gasteiger partial charge in [-0.1, -0.05) is 17.8 Å². The molecule has 100 valence electrons. The molecule has 0 spiro atoms. The van der Waals surface area contributed by atoms with Crippen LogP contribution in [-0.4, -0.2) is 20.1 Å². The lowest BCUT2D eigenvalue weighted by Crippen LogP contribution is -2.09. The lowest BCUT2D eigenvalue weighted by molar-refractivity contribution is -0.384. The normalized spacial score (nSPS) is 10.4. The van der Waals surface area contributed by atoms with Crippen molar-refractivity contribution in [2.75, 3.05) is 5.43 Å². The molecule has 0 saturated carbocycles. The van der Waals surface area contributed by atoms with Gasteiger partial charge in [0, 0.05) is 11.8 Å². The van der Waals surface area contributed by atoms with Crippen LogP contribution in [0, 0.1) is 17.0 Å². The Kier molecular flexibility index (Phi) is 3.97. The average Bonchev–Trinajstić information content (AvgIpc) is 2.81. The monoisotopic (exact) mass is 280 g/mol. The van der Waals surface area contributed by atoms with E-state index >= 15 is 0 Å². The standard InChI is InChI=1S/C10H12N6O2S/c1-6-12-10(15-14-6)19-5-7-2-3-8(13-11)9(4-7)16(17)18/h2-4,13H,5,11H2,1H3,(H,12,14,15). The fourth-order valence-electron chi connectivity index (χ4n) is 1.47. The first-order valence-electron chi connectivity index (χ1n) is 5.36. The molecule has 1 aromatic carbocycles. The van der Waals surface area contributed by atoms with Crippen LogP contribution in [0.1, 0.15) is 11.4 Å². The predicted molar refractivity (Wildman–Crippen MR) is 71.6 cm³/mol. The number of thioether (sulfide) groups is 1. The molecule has 1 heterocycles. The van der Waals surface area contributed by atoms with Crippen molar-refractivity contribution in [2.45, 2.75) is 17.8 Å². The van der Waals surface area contributed by atoms with Crippen LogP contribution in [0.3, 0.4) is 0 Å². The highest BCUT2D eigenvalue weighted by Crippen LogP contribution is 2.27. The molecule has 0 aliphatic carbocycles. The Morgan fingerprint density at radius 1 is 1.58 bits per heavy atom. The summed E-state index contributed by atoms with van der Waals surface area (Å²) in [5.74, 6) is 6.50. The fourth-order valence-corrected chi connectivity index (χ4v) is 2.26. The maximum atomic E-state index is 10.9. The van der Waals surface area contributed by atoms with Crippen molar-refractivity contribution >= 4 is 23.1 Å². The van der Waals surface area contributed by atoms with Crippen molar-refractivity contribution < 1.29 is 4.92 Å². The topological polar surface area (TPSA) is 123 Å². The van der Waals surface area contributed by atoms with Crippen molar-refractivity contribution in [1.29, 1.82) is 0 Å². The largest absolute Gasteiger partial charge is 0.318 e. The van der Waals surface area contributed by atoms with Gasteiger partial charge in [0.2, 0.25) is 5.16 Å². The number of benzene rings is 1. The lowest BCUT2D eigenvalue weighted by atomic mass is 10.2. The van der Waals surface area contributed by atoms with Crippen LogP contribution in [0.25, 0.3) is 0 Å². The number of nitrogens with two attached hydrogens (primary N) is 1. The van der Waals surface area contributed by atoms with E-state index in [1.807, 2.05) is 6.92 Å². The smallest absolute Gasteiger partial charge is 0.293 e. The van der Waals surface area contributed by atoms with Crippen LogP contribution in [0.15, 0.2) is 23.4 Å². The second kappa shape index (κ2) is 5.67. The number of aryl methyl sites for hydroxylation is 1. The highest BCUT2D eigenvalue weighted by Gasteiger charge is 2.14. The number of aromatic nitrogens is 3. The van der Waals surface area contributed by atoms with Gasteiger partial charge in [0.15, 0.2) is 0 Å². The second-order valence-corrected chi connectivity index (χ2v) is 4.69. The van der Waals surface area contributed by atoms with Gasteiger partial charge in [-0.25, -0.2) is 4.98 Å². The van der Waals surface area contributed by atoms with Gasteiger partial charge in [0.1, 0.15) is 11.5 Å². The van der Waals surface area contributed by atoms with E-state index in [0.29, 0.717) is 10.9 Å². The zero-order valence-electron chi connectivity index (χ0n) is 10.1. The van der Waals surface area contributed by atoms with Gasteiger partial charge >= 0.3 is 0 Å². The number of aromatic amines is 1. The molecule has 1 aromatic heterocycles. The number of nitro benzene ring substituents is 1. The third kappa shape index (κ3) is 3.20. The molecule has 2 rings (SSSR count). The maximum absolute atomic E-state index is 10.9. The van der Waals surface area contributed by atoms with Crippen molar-refractivity contribution in [1.82, 2.24) is 15.2 Å². The summed E-state index contributed by atoms with van der Waals surface area (Å²) < 4.78 is 0. The molecule has 0 aliphatic heterocycles. The van der Waals surface area contributed by atoms with E-state index in [-0.39, 0.29) is 11.4 Å². The Morgan fingerprint density at radius 2 is 2.37 bits per heavy atom. The van der Waals surface area contributed by atoms with Gasteiger partial charge in [-0.2, -0.15) is 0 Å². The molecule has 0 amide bonds. The van der Waals surface area contributed by atoms with E-state index in [1.54, 1.807) is 12.1 Å². The highest BCUT2D eigenvalue weighted by molar-refractivity contribution is 7.98. The molecular weight excluding hydrogens is 268 g/mol. The van der Waals surface area contributed by atoms with Crippen LogP contribution < -0.4 is 11.3 Å². The number of hydrazine groups is 1. The van der Waals surface area contributed by atoms with Crippen LogP contribution in [-0.2, 0) is 5.75 Å². The number of nitrogens with one attached hydrogen (secondary N) is 2. The van der Waals surface area contributed by atoms with E-state index < -0.39 is 4.92 Å². The zero-order chi connectivity index (χ0) is 13.8. The SMILES string of the molecule is Cc1nc(SCc2ccc(NN)c([N+](=O)[O-])c2)n[nH]1. The maximum Gasteiger partial charge on any atom is 0.293 e. The van der Waals surface area contributed by atoms with Crippen molar-refractivity contribution in [3.05, 3.63) is 39.7 Å². The molecule has 2 aromatic rings. The van der Waals surface area contributed by atoms with Gasteiger partial charge in [-0.05, 0) is 18.6 Å². The predicted octanol–water partition coefficient (Wildman–Crippen LogP) is 1.60.